The Balaban J connectivity index is 1.63. The molecule has 152 valence electrons. The molecule has 0 amide bonds. The van der Waals surface area contributed by atoms with E-state index in [0.717, 1.165) is 27.8 Å². The quantitative estimate of drug-likeness (QED) is 0.370. The van der Waals surface area contributed by atoms with Crippen LogP contribution in [0.4, 0.5) is 17.2 Å². The van der Waals surface area contributed by atoms with Crippen LogP contribution in [-0.4, -0.2) is 32.8 Å². The molecule has 30 heavy (non-hydrogen) atoms. The molecular formula is C22H23N6OP. The van der Waals surface area contributed by atoms with Gasteiger partial charge in [0.25, 0.3) is 0 Å². The lowest BCUT2D eigenvalue weighted by molar-refractivity contribution is 0.588. The molecule has 2 aromatic carbocycles. The first kappa shape index (κ1) is 19.9. The molecule has 0 bridgehead atoms. The highest BCUT2D eigenvalue weighted by Gasteiger charge is 2.12. The second-order valence-electron chi connectivity index (χ2n) is 7.50. The first-order valence-electron chi connectivity index (χ1n) is 9.46. The lowest BCUT2D eigenvalue weighted by atomic mass is 10.1. The van der Waals surface area contributed by atoms with E-state index in [2.05, 4.69) is 20.3 Å². The maximum atomic E-state index is 12.2. The highest BCUT2D eigenvalue weighted by atomic mass is 31.2. The van der Waals surface area contributed by atoms with Crippen LogP contribution in [0.2, 0.25) is 0 Å². The van der Waals surface area contributed by atoms with E-state index in [9.17, 15) is 4.57 Å². The Kier molecular flexibility index (Phi) is 5.14. The summed E-state index contributed by atoms with van der Waals surface area (Å²) in [6.45, 7) is 5.56. The smallest absolute Gasteiger partial charge is 0.169 e. The zero-order chi connectivity index (χ0) is 21.3. The summed E-state index contributed by atoms with van der Waals surface area (Å²) in [5.74, 6) is 0.608. The van der Waals surface area contributed by atoms with Crippen molar-refractivity contribution in [2.75, 3.05) is 24.4 Å². The third-order valence-corrected chi connectivity index (χ3v) is 6.37. The molecule has 0 aliphatic carbocycles. The Morgan fingerprint density at radius 3 is 2.57 bits per heavy atom. The van der Waals surface area contributed by atoms with E-state index in [1.807, 2.05) is 66.2 Å². The minimum absolute atomic E-state index is 0.608. The van der Waals surface area contributed by atoms with Crippen LogP contribution < -0.4 is 16.4 Å². The normalized spacial score (nSPS) is 12.0. The predicted octanol–water partition coefficient (Wildman–Crippen LogP) is 4.34. The molecule has 0 aliphatic rings. The molecule has 4 rings (SSSR count). The van der Waals surface area contributed by atoms with Gasteiger partial charge in [-0.15, -0.1) is 0 Å². The van der Waals surface area contributed by atoms with Gasteiger partial charge in [-0.3, -0.25) is 4.57 Å². The summed E-state index contributed by atoms with van der Waals surface area (Å²) < 4.78 is 14.0. The number of aryl methyl sites for hydroxylation is 1. The van der Waals surface area contributed by atoms with Crippen LogP contribution in [0.1, 0.15) is 11.1 Å². The van der Waals surface area contributed by atoms with Gasteiger partial charge in [0.05, 0.1) is 0 Å². The van der Waals surface area contributed by atoms with Crippen molar-refractivity contribution >= 4 is 53.1 Å². The predicted molar refractivity (Wildman–Crippen MR) is 125 cm³/mol. The second-order valence-corrected chi connectivity index (χ2v) is 10.7. The molecule has 4 aromatic rings. The van der Waals surface area contributed by atoms with Gasteiger partial charge < -0.3 is 15.6 Å². The van der Waals surface area contributed by atoms with E-state index in [1.165, 1.54) is 6.33 Å². The zero-order valence-corrected chi connectivity index (χ0v) is 18.0. The summed E-state index contributed by atoms with van der Waals surface area (Å²) >= 11 is 0. The number of nitrogens with one attached hydrogen (secondary N) is 1. The van der Waals surface area contributed by atoms with Crippen LogP contribution >= 0.6 is 7.14 Å². The highest BCUT2D eigenvalue weighted by Crippen LogP contribution is 2.35. The third kappa shape index (κ3) is 4.11. The molecule has 0 atom stereocenters. The van der Waals surface area contributed by atoms with Gasteiger partial charge in [-0.05, 0) is 73.9 Å². The van der Waals surface area contributed by atoms with Crippen molar-refractivity contribution in [2.24, 2.45) is 0 Å². The van der Waals surface area contributed by atoms with Gasteiger partial charge in [-0.1, -0.05) is 6.07 Å². The average molecular weight is 418 g/mol. The second kappa shape index (κ2) is 7.76. The lowest BCUT2D eigenvalue weighted by Gasteiger charge is -2.09. The molecule has 0 saturated carbocycles. The monoisotopic (exact) mass is 418 g/mol. The van der Waals surface area contributed by atoms with Crippen LogP contribution in [0.3, 0.4) is 0 Å². The molecule has 0 aliphatic heterocycles. The van der Waals surface area contributed by atoms with E-state index in [0.29, 0.717) is 17.0 Å². The summed E-state index contributed by atoms with van der Waals surface area (Å²) in [6, 6.07) is 13.3. The Morgan fingerprint density at radius 1 is 1.07 bits per heavy atom. The van der Waals surface area contributed by atoms with E-state index < -0.39 is 7.14 Å². The van der Waals surface area contributed by atoms with Crippen molar-refractivity contribution in [3.8, 4) is 0 Å². The van der Waals surface area contributed by atoms with Gasteiger partial charge in [0.15, 0.2) is 17.0 Å². The van der Waals surface area contributed by atoms with Gasteiger partial charge in [-0.2, -0.15) is 0 Å². The van der Waals surface area contributed by atoms with E-state index >= 15 is 0 Å². The summed E-state index contributed by atoms with van der Waals surface area (Å²) in [5.41, 5.74) is 11.0. The van der Waals surface area contributed by atoms with Crippen molar-refractivity contribution in [3.63, 3.8) is 0 Å². The number of rotatable bonds is 5. The Labute approximate surface area is 175 Å². The fourth-order valence-corrected chi connectivity index (χ4v) is 3.96. The van der Waals surface area contributed by atoms with Gasteiger partial charge in [0.1, 0.15) is 19.8 Å². The van der Waals surface area contributed by atoms with Gasteiger partial charge >= 0.3 is 0 Å². The minimum Gasteiger partial charge on any atom is -0.399 e. The highest BCUT2D eigenvalue weighted by molar-refractivity contribution is 7.70. The standard InChI is InChI=1S/C22H23N6OP/c1-15-4-5-17(23)12-16(15)10-11-28-14-26-20-21(24-13-25-22(20)28)27-18-6-8-19(9-7-18)30(2,3)29/h4-14H,23H2,1-3H3,(H,24,25,27)/b11-10+. The minimum atomic E-state index is -2.28. The van der Waals surface area contributed by atoms with Crippen molar-refractivity contribution in [2.45, 2.75) is 6.92 Å². The number of anilines is 3. The number of nitrogens with zero attached hydrogens (tertiary/aromatic N) is 4. The fourth-order valence-electron chi connectivity index (χ4n) is 3.09. The number of nitrogens with two attached hydrogens (primary N) is 1. The van der Waals surface area contributed by atoms with E-state index in [4.69, 9.17) is 5.73 Å². The number of nitrogen functional groups attached to an aromatic ring is 1. The number of imidazole rings is 1. The fraction of sp³-hybridized carbons (Fsp3) is 0.136. The molecule has 3 N–H and O–H groups in total. The van der Waals surface area contributed by atoms with E-state index in [1.54, 1.807) is 19.7 Å². The maximum Gasteiger partial charge on any atom is 0.169 e. The first-order chi connectivity index (χ1) is 14.3. The van der Waals surface area contributed by atoms with Crippen molar-refractivity contribution < 1.29 is 4.57 Å². The van der Waals surface area contributed by atoms with E-state index in [-0.39, 0.29) is 0 Å². The van der Waals surface area contributed by atoms with Crippen LogP contribution in [-0.2, 0) is 4.57 Å². The topological polar surface area (TPSA) is 98.7 Å². The van der Waals surface area contributed by atoms with Crippen molar-refractivity contribution in [1.29, 1.82) is 0 Å². The first-order valence-corrected chi connectivity index (χ1v) is 12.1. The Hall–Kier alpha value is -3.44. The molecule has 0 radical (unpaired) electrons. The van der Waals surface area contributed by atoms with Crippen LogP contribution in [0, 0.1) is 6.92 Å². The van der Waals surface area contributed by atoms with Crippen LogP contribution in [0.15, 0.2) is 55.1 Å². The van der Waals surface area contributed by atoms with Crippen molar-refractivity contribution in [1.82, 2.24) is 19.5 Å². The van der Waals surface area contributed by atoms with Crippen molar-refractivity contribution in [3.05, 3.63) is 66.2 Å². The molecule has 7 nitrogen and oxygen atoms in total. The molecule has 0 fully saturated rings. The third-order valence-electron chi connectivity index (χ3n) is 4.83. The van der Waals surface area contributed by atoms with Gasteiger partial charge in [0, 0.05) is 22.9 Å². The number of hydrogen-bond donors (Lipinski definition) is 2. The molecule has 0 spiro atoms. The molecule has 8 heteroatoms. The number of fused-ring (bicyclic) bond motifs is 1. The summed E-state index contributed by atoms with van der Waals surface area (Å²) in [6.07, 6.45) is 7.09. The average Bonchev–Trinajstić information content (AvgIpc) is 3.13. The lowest BCUT2D eigenvalue weighted by Crippen LogP contribution is -2.03. The van der Waals surface area contributed by atoms with Crippen LogP contribution in [0.25, 0.3) is 23.4 Å². The molecule has 2 aromatic heterocycles. The number of benzene rings is 2. The molecule has 2 heterocycles. The maximum absolute atomic E-state index is 12.2. The Morgan fingerprint density at radius 2 is 1.83 bits per heavy atom. The number of aromatic nitrogens is 4. The zero-order valence-electron chi connectivity index (χ0n) is 17.1. The molecular weight excluding hydrogens is 395 g/mol. The Bertz CT molecular complexity index is 1290. The molecule has 0 unspecified atom stereocenters. The largest absolute Gasteiger partial charge is 0.399 e. The summed E-state index contributed by atoms with van der Waals surface area (Å²) in [7, 11) is -2.28. The van der Waals surface area contributed by atoms with Gasteiger partial charge in [-0.25, -0.2) is 15.0 Å². The summed E-state index contributed by atoms with van der Waals surface area (Å²) in [5, 5.41) is 4.11. The van der Waals surface area contributed by atoms with Crippen LogP contribution in [0.5, 0.6) is 0 Å². The number of hydrogen-bond acceptors (Lipinski definition) is 6. The SMILES string of the molecule is Cc1ccc(N)cc1/C=C/n1cnc2c(Nc3ccc(P(C)(C)=O)cc3)ncnc21. The molecule has 0 saturated heterocycles. The summed E-state index contributed by atoms with van der Waals surface area (Å²) in [4.78, 5) is 13.2. The van der Waals surface area contributed by atoms with Gasteiger partial charge in [0.2, 0.25) is 0 Å².